The first-order valence-corrected chi connectivity index (χ1v) is 14.9. The zero-order valence-corrected chi connectivity index (χ0v) is 23.3. The van der Waals surface area contributed by atoms with Crippen LogP contribution in [-0.2, 0) is 24.2 Å². The van der Waals surface area contributed by atoms with Crippen molar-refractivity contribution in [2.45, 2.75) is 37.2 Å². The Hall–Kier alpha value is -2.76. The molecule has 190 valence electrons. The van der Waals surface area contributed by atoms with E-state index in [2.05, 4.69) is 33.4 Å². The van der Waals surface area contributed by atoms with E-state index in [0.717, 1.165) is 33.6 Å². The second kappa shape index (κ2) is 13.0. The number of carbonyl (C=O) groups is 2. The number of likely N-dealkylation sites (N-methyl/N-ethyl adjacent to an activating group) is 1. The summed E-state index contributed by atoms with van der Waals surface area (Å²) in [7, 11) is 3.34. The molecule has 0 bridgehead atoms. The number of halogens is 1. The maximum Gasteiger partial charge on any atom is 0.249 e. The van der Waals surface area contributed by atoms with Gasteiger partial charge in [-0.1, -0.05) is 40.1 Å². The molecule has 0 aliphatic carbocycles. The number of rotatable bonds is 11. The Morgan fingerprint density at radius 3 is 2.53 bits per heavy atom. The van der Waals surface area contributed by atoms with E-state index in [1.165, 1.54) is 0 Å². The van der Waals surface area contributed by atoms with Gasteiger partial charge in [0, 0.05) is 63.2 Å². The summed E-state index contributed by atoms with van der Waals surface area (Å²) in [6.07, 6.45) is 1.33. The molecule has 0 aliphatic rings. The molecule has 2 amide bonds. The number of primary amides is 1. The van der Waals surface area contributed by atoms with Crippen molar-refractivity contribution in [2.75, 3.05) is 24.7 Å². The monoisotopic (exact) mass is 618 g/mol. The number of hydrogen-bond acceptors (Lipinski definition) is 6. The van der Waals surface area contributed by atoms with Gasteiger partial charge in [0.05, 0.1) is 0 Å². The zero-order chi connectivity index (χ0) is 26.2. The number of nitrogens with zero attached hydrogens (tertiary/aromatic N) is 1. The van der Waals surface area contributed by atoms with Gasteiger partial charge < -0.3 is 26.8 Å². The van der Waals surface area contributed by atoms with Crippen LogP contribution in [0.4, 0.5) is 11.4 Å². The SMILES string of the molecule is CCc1cc(C(Nc2cccc(C(N)=O)c2)C(=O)N(C)Cc2cc(N)ccc2SI)ccc1CCO. The molecule has 6 N–H and O–H groups in total. The standard InChI is InChI=1S/C27H31IN4O3S/c1-3-17-13-19(8-7-18(17)11-12-33)25(31-23-6-4-5-20(15-23)26(30)34)27(35)32(2)16-21-14-22(29)9-10-24(21)36-28/h4-10,13-15,25,31,33H,3,11-12,16,29H2,1-2H3,(H2,30,34). The van der Waals surface area contributed by atoms with Crippen molar-refractivity contribution >= 4 is 53.3 Å². The summed E-state index contributed by atoms with van der Waals surface area (Å²) in [6, 6.07) is 17.7. The Morgan fingerprint density at radius 2 is 1.86 bits per heavy atom. The largest absolute Gasteiger partial charge is 0.399 e. The van der Waals surface area contributed by atoms with Gasteiger partial charge in [-0.05, 0) is 71.5 Å². The van der Waals surface area contributed by atoms with E-state index >= 15 is 0 Å². The lowest BCUT2D eigenvalue weighted by Crippen LogP contribution is -2.35. The minimum Gasteiger partial charge on any atom is -0.399 e. The van der Waals surface area contributed by atoms with Crippen molar-refractivity contribution in [3.8, 4) is 0 Å². The van der Waals surface area contributed by atoms with Gasteiger partial charge in [0.1, 0.15) is 6.04 Å². The third kappa shape index (κ3) is 6.92. The quantitative estimate of drug-likeness (QED) is 0.182. The fourth-order valence-electron chi connectivity index (χ4n) is 4.09. The highest BCUT2D eigenvalue weighted by Gasteiger charge is 2.26. The summed E-state index contributed by atoms with van der Waals surface area (Å²) in [4.78, 5) is 28.3. The molecule has 0 aliphatic heterocycles. The van der Waals surface area contributed by atoms with Crippen molar-refractivity contribution in [2.24, 2.45) is 5.73 Å². The lowest BCUT2D eigenvalue weighted by molar-refractivity contribution is -0.131. The van der Waals surface area contributed by atoms with Gasteiger partial charge in [-0.3, -0.25) is 9.59 Å². The summed E-state index contributed by atoms with van der Waals surface area (Å²) in [5, 5.41) is 12.7. The number of amides is 2. The molecule has 3 aromatic carbocycles. The third-order valence-corrected chi connectivity index (χ3v) is 7.97. The maximum atomic E-state index is 13.9. The van der Waals surface area contributed by atoms with Crippen LogP contribution in [0.1, 0.15) is 45.6 Å². The number of carbonyl (C=O) groups excluding carboxylic acids is 2. The molecule has 0 heterocycles. The molecule has 1 atom stereocenters. The van der Waals surface area contributed by atoms with Gasteiger partial charge in [0.2, 0.25) is 11.8 Å². The van der Waals surface area contributed by atoms with Crippen LogP contribution in [-0.4, -0.2) is 35.5 Å². The Morgan fingerprint density at radius 1 is 1.08 bits per heavy atom. The average molecular weight is 619 g/mol. The van der Waals surface area contributed by atoms with Gasteiger partial charge in [0.25, 0.3) is 0 Å². The highest BCUT2D eigenvalue weighted by atomic mass is 127. The minimum atomic E-state index is -0.705. The van der Waals surface area contributed by atoms with E-state index < -0.39 is 11.9 Å². The van der Waals surface area contributed by atoms with Crippen LogP contribution in [0.15, 0.2) is 65.6 Å². The Bertz CT molecular complexity index is 1240. The molecular formula is C27H31IN4O3S. The predicted molar refractivity (Wildman–Crippen MR) is 155 cm³/mol. The molecular weight excluding hydrogens is 587 g/mol. The summed E-state index contributed by atoms with van der Waals surface area (Å²) in [5.41, 5.74) is 17.0. The van der Waals surface area contributed by atoms with Gasteiger partial charge in [-0.25, -0.2) is 0 Å². The lowest BCUT2D eigenvalue weighted by atomic mass is 9.95. The molecule has 0 spiro atoms. The second-order valence-corrected chi connectivity index (χ2v) is 10.4. The third-order valence-electron chi connectivity index (χ3n) is 5.98. The van der Waals surface area contributed by atoms with E-state index in [-0.39, 0.29) is 12.5 Å². The molecule has 0 aromatic heterocycles. The number of aliphatic hydroxyl groups is 1. The smallest absolute Gasteiger partial charge is 0.249 e. The Balaban J connectivity index is 1.99. The first-order valence-electron chi connectivity index (χ1n) is 11.6. The summed E-state index contributed by atoms with van der Waals surface area (Å²) in [6.45, 7) is 2.50. The first-order chi connectivity index (χ1) is 17.3. The molecule has 3 aromatic rings. The predicted octanol–water partition coefficient (Wildman–Crippen LogP) is 4.72. The zero-order valence-electron chi connectivity index (χ0n) is 20.3. The summed E-state index contributed by atoms with van der Waals surface area (Å²) < 4.78 is 0. The van der Waals surface area contributed by atoms with Crippen LogP contribution in [0.25, 0.3) is 0 Å². The van der Waals surface area contributed by atoms with Crippen molar-refractivity contribution < 1.29 is 14.7 Å². The molecule has 7 nitrogen and oxygen atoms in total. The van der Waals surface area contributed by atoms with Crippen molar-refractivity contribution in [3.05, 3.63) is 88.5 Å². The number of benzene rings is 3. The number of aliphatic hydroxyl groups excluding tert-OH is 1. The fraction of sp³-hybridized carbons (Fsp3) is 0.259. The fourth-order valence-corrected chi connectivity index (χ4v) is 5.72. The number of hydrogen-bond donors (Lipinski definition) is 4. The van der Waals surface area contributed by atoms with Gasteiger partial charge >= 0.3 is 0 Å². The molecule has 9 heteroatoms. The Kier molecular flexibility index (Phi) is 10.0. The van der Waals surface area contributed by atoms with Crippen LogP contribution >= 0.6 is 30.1 Å². The minimum absolute atomic E-state index is 0.0625. The van der Waals surface area contributed by atoms with Crippen molar-refractivity contribution in [1.29, 1.82) is 0 Å². The summed E-state index contributed by atoms with van der Waals surface area (Å²) in [5.74, 6) is -0.672. The Labute approximate surface area is 228 Å². The second-order valence-electron chi connectivity index (χ2n) is 8.52. The lowest BCUT2D eigenvalue weighted by Gasteiger charge is -2.27. The molecule has 0 fully saturated rings. The first kappa shape index (κ1) is 27.8. The van der Waals surface area contributed by atoms with Crippen LogP contribution in [0, 0.1) is 0 Å². The van der Waals surface area contributed by atoms with Crippen LogP contribution in [0.3, 0.4) is 0 Å². The number of aryl methyl sites for hydroxylation is 1. The van der Waals surface area contributed by atoms with Crippen LogP contribution in [0.2, 0.25) is 0 Å². The van der Waals surface area contributed by atoms with E-state index in [1.807, 2.05) is 36.4 Å². The maximum absolute atomic E-state index is 13.9. The van der Waals surface area contributed by atoms with E-state index in [1.54, 1.807) is 45.1 Å². The average Bonchev–Trinajstić information content (AvgIpc) is 2.87. The molecule has 36 heavy (non-hydrogen) atoms. The molecule has 3 rings (SSSR count). The molecule has 0 saturated carbocycles. The van der Waals surface area contributed by atoms with Crippen LogP contribution in [0.5, 0.6) is 0 Å². The molecule has 0 saturated heterocycles. The van der Waals surface area contributed by atoms with Crippen molar-refractivity contribution in [3.63, 3.8) is 0 Å². The summed E-state index contributed by atoms with van der Waals surface area (Å²) >= 11 is 2.22. The topological polar surface area (TPSA) is 122 Å². The van der Waals surface area contributed by atoms with Gasteiger partial charge in [0.15, 0.2) is 0 Å². The molecule has 0 radical (unpaired) electrons. The van der Waals surface area contributed by atoms with Gasteiger partial charge in [-0.2, -0.15) is 0 Å². The van der Waals surface area contributed by atoms with E-state index in [0.29, 0.717) is 29.9 Å². The molecule has 1 unspecified atom stereocenters. The van der Waals surface area contributed by atoms with E-state index in [4.69, 9.17) is 11.5 Å². The van der Waals surface area contributed by atoms with Crippen LogP contribution < -0.4 is 16.8 Å². The highest BCUT2D eigenvalue weighted by molar-refractivity contribution is 14.2. The van der Waals surface area contributed by atoms with Gasteiger partial charge in [-0.15, -0.1) is 0 Å². The van der Waals surface area contributed by atoms with E-state index in [9.17, 15) is 14.7 Å². The number of nitrogens with two attached hydrogens (primary N) is 2. The number of anilines is 2. The van der Waals surface area contributed by atoms with Crippen molar-refractivity contribution in [1.82, 2.24) is 4.90 Å². The number of nitrogens with one attached hydrogen (secondary N) is 1. The number of nitrogen functional groups attached to an aromatic ring is 1. The normalized spacial score (nSPS) is 11.7. The highest BCUT2D eigenvalue weighted by Crippen LogP contribution is 2.32.